The third-order valence-corrected chi connectivity index (χ3v) is 3.18. The van der Waals surface area contributed by atoms with Crippen molar-refractivity contribution in [2.75, 3.05) is 6.54 Å². The van der Waals surface area contributed by atoms with Crippen LogP contribution in [0.5, 0.6) is 0 Å². The Morgan fingerprint density at radius 1 is 1.18 bits per heavy atom. The quantitative estimate of drug-likeness (QED) is 0.745. The molecule has 0 spiro atoms. The van der Waals surface area contributed by atoms with Gasteiger partial charge in [0.15, 0.2) is 0 Å². The molecule has 1 saturated carbocycles. The van der Waals surface area contributed by atoms with Crippen LogP contribution in [0.25, 0.3) is 0 Å². The molecule has 2 heteroatoms. The van der Waals surface area contributed by atoms with E-state index < -0.39 is 0 Å². The SMILES string of the molecule is O=C(CCCc1ccccc1)CCNC1CC1. The van der Waals surface area contributed by atoms with E-state index in [1.165, 1.54) is 18.4 Å². The molecule has 1 fully saturated rings. The molecule has 1 aromatic carbocycles. The highest BCUT2D eigenvalue weighted by molar-refractivity contribution is 5.78. The van der Waals surface area contributed by atoms with Crippen LogP contribution < -0.4 is 5.32 Å². The molecule has 0 unspecified atom stereocenters. The summed E-state index contributed by atoms with van der Waals surface area (Å²) in [5.41, 5.74) is 1.33. The van der Waals surface area contributed by atoms with Gasteiger partial charge in [0, 0.05) is 25.4 Å². The summed E-state index contributed by atoms with van der Waals surface area (Å²) in [5.74, 6) is 0.397. The molecular weight excluding hydrogens is 210 g/mol. The number of carbonyl (C=O) groups is 1. The zero-order chi connectivity index (χ0) is 11.9. The van der Waals surface area contributed by atoms with Crippen LogP contribution >= 0.6 is 0 Å². The maximum absolute atomic E-state index is 11.6. The maximum atomic E-state index is 11.6. The number of aryl methyl sites for hydroxylation is 1. The fourth-order valence-electron chi connectivity index (χ4n) is 1.96. The third kappa shape index (κ3) is 5.14. The highest BCUT2D eigenvalue weighted by Gasteiger charge is 2.19. The topological polar surface area (TPSA) is 29.1 Å². The summed E-state index contributed by atoms with van der Waals surface area (Å²) >= 11 is 0. The Bertz CT molecular complexity index is 343. The van der Waals surface area contributed by atoms with Crippen molar-refractivity contribution in [2.45, 2.75) is 44.6 Å². The number of rotatable bonds is 8. The lowest BCUT2D eigenvalue weighted by molar-refractivity contribution is -0.119. The predicted octanol–water partition coefficient (Wildman–Crippen LogP) is 2.72. The summed E-state index contributed by atoms with van der Waals surface area (Å²) in [6.45, 7) is 0.870. The maximum Gasteiger partial charge on any atom is 0.134 e. The average Bonchev–Trinajstić information content (AvgIpc) is 3.14. The minimum Gasteiger partial charge on any atom is -0.314 e. The molecule has 1 aliphatic rings. The van der Waals surface area contributed by atoms with E-state index in [2.05, 4.69) is 29.6 Å². The average molecular weight is 231 g/mol. The molecule has 1 N–H and O–H groups in total. The molecule has 0 radical (unpaired) electrons. The smallest absolute Gasteiger partial charge is 0.134 e. The molecule has 17 heavy (non-hydrogen) atoms. The van der Waals surface area contributed by atoms with Gasteiger partial charge in [-0.15, -0.1) is 0 Å². The Hall–Kier alpha value is -1.15. The van der Waals surface area contributed by atoms with Gasteiger partial charge in [0.2, 0.25) is 0 Å². The van der Waals surface area contributed by atoms with Crippen LogP contribution in [0.15, 0.2) is 30.3 Å². The second-order valence-electron chi connectivity index (χ2n) is 4.86. The standard InChI is InChI=1S/C15H21NO/c17-15(11-12-16-14-9-10-14)8-4-7-13-5-2-1-3-6-13/h1-3,5-6,14,16H,4,7-12H2. The molecule has 0 atom stereocenters. The molecule has 0 aliphatic heterocycles. The van der Waals surface area contributed by atoms with Crippen molar-refractivity contribution in [3.05, 3.63) is 35.9 Å². The van der Waals surface area contributed by atoms with Crippen molar-refractivity contribution in [1.29, 1.82) is 0 Å². The van der Waals surface area contributed by atoms with Crippen LogP contribution in [-0.4, -0.2) is 18.4 Å². The fourth-order valence-corrected chi connectivity index (χ4v) is 1.96. The Labute approximate surface area is 103 Å². The number of hydrogen-bond donors (Lipinski definition) is 1. The van der Waals surface area contributed by atoms with Crippen molar-refractivity contribution in [3.8, 4) is 0 Å². The largest absolute Gasteiger partial charge is 0.314 e. The first-order valence-electron chi connectivity index (χ1n) is 6.63. The van der Waals surface area contributed by atoms with Crippen LogP contribution in [0.3, 0.4) is 0 Å². The molecule has 0 bridgehead atoms. The Morgan fingerprint density at radius 2 is 1.94 bits per heavy atom. The minimum absolute atomic E-state index is 0.397. The first-order valence-corrected chi connectivity index (χ1v) is 6.63. The number of benzene rings is 1. The molecule has 2 nitrogen and oxygen atoms in total. The van der Waals surface area contributed by atoms with Crippen molar-refractivity contribution in [2.24, 2.45) is 0 Å². The van der Waals surface area contributed by atoms with E-state index in [0.717, 1.165) is 25.8 Å². The summed E-state index contributed by atoms with van der Waals surface area (Å²) in [6, 6.07) is 11.1. The number of ketones is 1. The zero-order valence-electron chi connectivity index (χ0n) is 10.3. The normalized spacial score (nSPS) is 14.8. The molecule has 92 valence electrons. The van der Waals surface area contributed by atoms with Crippen LogP contribution in [-0.2, 0) is 11.2 Å². The molecule has 0 amide bonds. The van der Waals surface area contributed by atoms with E-state index in [0.29, 0.717) is 18.2 Å². The van der Waals surface area contributed by atoms with Gasteiger partial charge in [0.05, 0.1) is 0 Å². The zero-order valence-corrected chi connectivity index (χ0v) is 10.3. The Balaban J connectivity index is 1.53. The highest BCUT2D eigenvalue weighted by atomic mass is 16.1. The summed E-state index contributed by atoms with van der Waals surface area (Å²) in [6.07, 6.45) is 6.01. The van der Waals surface area contributed by atoms with Crippen molar-refractivity contribution in [1.82, 2.24) is 5.32 Å². The molecular formula is C15H21NO. The van der Waals surface area contributed by atoms with E-state index in [9.17, 15) is 4.79 Å². The molecule has 0 saturated heterocycles. The van der Waals surface area contributed by atoms with E-state index in [4.69, 9.17) is 0 Å². The number of Topliss-reactive ketones (excluding diaryl/α,β-unsaturated/α-hetero) is 1. The fraction of sp³-hybridized carbons (Fsp3) is 0.533. The van der Waals surface area contributed by atoms with E-state index in [1.807, 2.05) is 6.07 Å². The van der Waals surface area contributed by atoms with Crippen LogP contribution in [0, 0.1) is 0 Å². The lowest BCUT2D eigenvalue weighted by Crippen LogP contribution is -2.20. The molecule has 1 aromatic rings. The van der Waals surface area contributed by atoms with Crippen LogP contribution in [0.2, 0.25) is 0 Å². The molecule has 1 aliphatic carbocycles. The van der Waals surface area contributed by atoms with Gasteiger partial charge >= 0.3 is 0 Å². The van der Waals surface area contributed by atoms with Crippen LogP contribution in [0.1, 0.15) is 37.7 Å². The summed E-state index contributed by atoms with van der Waals surface area (Å²) in [4.78, 5) is 11.6. The molecule has 0 aromatic heterocycles. The van der Waals surface area contributed by atoms with Crippen molar-refractivity contribution >= 4 is 5.78 Å². The lowest BCUT2D eigenvalue weighted by atomic mass is 10.1. The summed E-state index contributed by atoms with van der Waals surface area (Å²) < 4.78 is 0. The van der Waals surface area contributed by atoms with E-state index in [1.54, 1.807) is 0 Å². The molecule has 0 heterocycles. The first kappa shape index (κ1) is 12.3. The second kappa shape index (κ2) is 6.55. The van der Waals surface area contributed by atoms with Gasteiger partial charge in [-0.05, 0) is 31.2 Å². The number of carbonyl (C=O) groups excluding carboxylic acids is 1. The first-order chi connectivity index (χ1) is 8.34. The van der Waals surface area contributed by atoms with Gasteiger partial charge < -0.3 is 5.32 Å². The number of nitrogens with one attached hydrogen (secondary N) is 1. The Kier molecular flexibility index (Phi) is 4.75. The van der Waals surface area contributed by atoms with Crippen LogP contribution in [0.4, 0.5) is 0 Å². The predicted molar refractivity (Wildman–Crippen MR) is 70.0 cm³/mol. The lowest BCUT2D eigenvalue weighted by Gasteiger charge is -2.03. The van der Waals surface area contributed by atoms with E-state index >= 15 is 0 Å². The van der Waals surface area contributed by atoms with Gasteiger partial charge in [-0.3, -0.25) is 4.79 Å². The van der Waals surface area contributed by atoms with Gasteiger partial charge in [-0.1, -0.05) is 30.3 Å². The summed E-state index contributed by atoms with van der Waals surface area (Å²) in [5, 5.41) is 3.37. The van der Waals surface area contributed by atoms with Gasteiger partial charge in [0.1, 0.15) is 5.78 Å². The van der Waals surface area contributed by atoms with Gasteiger partial charge in [-0.25, -0.2) is 0 Å². The number of hydrogen-bond acceptors (Lipinski definition) is 2. The van der Waals surface area contributed by atoms with Gasteiger partial charge in [0.25, 0.3) is 0 Å². The van der Waals surface area contributed by atoms with Gasteiger partial charge in [-0.2, -0.15) is 0 Å². The Morgan fingerprint density at radius 3 is 2.65 bits per heavy atom. The third-order valence-electron chi connectivity index (χ3n) is 3.18. The van der Waals surface area contributed by atoms with Crippen molar-refractivity contribution in [3.63, 3.8) is 0 Å². The van der Waals surface area contributed by atoms with E-state index in [-0.39, 0.29) is 0 Å². The summed E-state index contributed by atoms with van der Waals surface area (Å²) in [7, 11) is 0. The minimum atomic E-state index is 0.397. The van der Waals surface area contributed by atoms with Crippen molar-refractivity contribution < 1.29 is 4.79 Å². The second-order valence-corrected chi connectivity index (χ2v) is 4.86. The molecule has 2 rings (SSSR count). The highest BCUT2D eigenvalue weighted by Crippen LogP contribution is 2.18. The monoisotopic (exact) mass is 231 g/mol.